The maximum absolute atomic E-state index is 13.9. The van der Waals surface area contributed by atoms with Gasteiger partial charge < -0.3 is 10.8 Å². The largest absolute Gasteiger partial charge is 0.508 e. The van der Waals surface area contributed by atoms with E-state index in [1.807, 2.05) is 44.2 Å². The van der Waals surface area contributed by atoms with E-state index in [0.29, 0.717) is 44.8 Å². The number of fused-ring (bicyclic) bond motifs is 2. The third-order valence-electron chi connectivity index (χ3n) is 6.42. The fourth-order valence-electron chi connectivity index (χ4n) is 4.72. The van der Waals surface area contributed by atoms with Gasteiger partial charge in [0.25, 0.3) is 5.56 Å². The van der Waals surface area contributed by atoms with E-state index in [-0.39, 0.29) is 23.7 Å². The third-order valence-corrected chi connectivity index (χ3v) is 6.42. The number of rotatable bonds is 4. The summed E-state index contributed by atoms with van der Waals surface area (Å²) in [5, 5.41) is 19.8. The zero-order chi connectivity index (χ0) is 25.8. The van der Waals surface area contributed by atoms with Gasteiger partial charge in [-0.3, -0.25) is 14.0 Å². The summed E-state index contributed by atoms with van der Waals surface area (Å²) in [6.07, 6.45) is 1.37. The van der Waals surface area contributed by atoms with E-state index < -0.39 is 0 Å². The summed E-state index contributed by atoms with van der Waals surface area (Å²) in [5.74, 6) is 0.826. The Bertz CT molecular complexity index is 1900. The van der Waals surface area contributed by atoms with Crippen LogP contribution in [0.1, 0.15) is 17.1 Å². The molecule has 4 aromatic heterocycles. The smallest absolute Gasteiger partial charge is 0.284 e. The minimum atomic E-state index is -0.226. The number of nitrogen functional groups attached to an aromatic ring is 1. The van der Waals surface area contributed by atoms with Crippen LogP contribution in [-0.2, 0) is 13.6 Å². The molecule has 0 atom stereocenters. The fraction of sp³-hybridized carbons (Fsp3) is 0.154. The number of hydrogen-bond donors (Lipinski definition) is 2. The molecule has 2 aromatic carbocycles. The second kappa shape index (κ2) is 8.26. The predicted molar refractivity (Wildman–Crippen MR) is 140 cm³/mol. The van der Waals surface area contributed by atoms with Gasteiger partial charge in [0.05, 0.1) is 16.8 Å². The number of anilines is 1. The second-order valence-electron chi connectivity index (χ2n) is 8.88. The lowest BCUT2D eigenvalue weighted by molar-refractivity contribution is 0.475. The SMILES string of the molecule is Cc1ccccc1-n1c(Cn2nc(-c3cccc(O)c3)c3c(N)ncnc32)nc2c(C)nn(C)c2c1=O. The molecule has 11 heteroatoms. The summed E-state index contributed by atoms with van der Waals surface area (Å²) in [7, 11) is 1.74. The molecule has 0 aliphatic heterocycles. The summed E-state index contributed by atoms with van der Waals surface area (Å²) in [6, 6.07) is 14.4. The van der Waals surface area contributed by atoms with Crippen LogP contribution >= 0.6 is 0 Å². The average Bonchev–Trinajstić information content (AvgIpc) is 3.38. The average molecular weight is 494 g/mol. The molecule has 6 rings (SSSR count). The molecule has 184 valence electrons. The summed E-state index contributed by atoms with van der Waals surface area (Å²) >= 11 is 0. The number of nitrogens with zero attached hydrogens (tertiary/aromatic N) is 8. The first-order valence-electron chi connectivity index (χ1n) is 11.6. The fourth-order valence-corrected chi connectivity index (χ4v) is 4.72. The van der Waals surface area contributed by atoms with Crippen LogP contribution in [0.4, 0.5) is 5.82 Å². The van der Waals surface area contributed by atoms with Gasteiger partial charge >= 0.3 is 0 Å². The van der Waals surface area contributed by atoms with Crippen molar-refractivity contribution in [2.75, 3.05) is 5.73 Å². The Morgan fingerprint density at radius 1 is 1.03 bits per heavy atom. The van der Waals surface area contributed by atoms with Gasteiger partial charge in [0.2, 0.25) is 0 Å². The van der Waals surface area contributed by atoms with E-state index in [2.05, 4.69) is 15.1 Å². The molecule has 0 saturated carbocycles. The number of aromatic nitrogens is 8. The van der Waals surface area contributed by atoms with E-state index in [0.717, 1.165) is 11.3 Å². The highest BCUT2D eigenvalue weighted by atomic mass is 16.3. The van der Waals surface area contributed by atoms with E-state index in [4.69, 9.17) is 15.8 Å². The van der Waals surface area contributed by atoms with E-state index in [1.165, 1.54) is 6.33 Å². The van der Waals surface area contributed by atoms with Gasteiger partial charge in [0, 0.05) is 12.6 Å². The number of phenols is 1. The number of aromatic hydroxyl groups is 1. The Hall–Kier alpha value is -5.06. The molecule has 0 bridgehead atoms. The molecule has 4 heterocycles. The van der Waals surface area contributed by atoms with Gasteiger partial charge in [-0.25, -0.2) is 19.6 Å². The zero-order valence-corrected chi connectivity index (χ0v) is 20.4. The summed E-state index contributed by atoms with van der Waals surface area (Å²) in [4.78, 5) is 27.4. The molecular weight excluding hydrogens is 470 g/mol. The highest BCUT2D eigenvalue weighted by Gasteiger charge is 2.22. The predicted octanol–water partition coefficient (Wildman–Crippen LogP) is 2.88. The molecular formula is C26H23N9O2. The van der Waals surface area contributed by atoms with Crippen LogP contribution in [0.5, 0.6) is 5.75 Å². The molecule has 0 spiro atoms. The van der Waals surface area contributed by atoms with Gasteiger partial charge in [-0.2, -0.15) is 10.2 Å². The van der Waals surface area contributed by atoms with Gasteiger partial charge in [-0.05, 0) is 37.6 Å². The Morgan fingerprint density at radius 2 is 1.84 bits per heavy atom. The van der Waals surface area contributed by atoms with E-state index in [9.17, 15) is 9.90 Å². The quantitative estimate of drug-likeness (QED) is 0.382. The second-order valence-corrected chi connectivity index (χ2v) is 8.88. The minimum Gasteiger partial charge on any atom is -0.508 e. The van der Waals surface area contributed by atoms with Gasteiger partial charge in [0.1, 0.15) is 41.5 Å². The Labute approximate surface area is 210 Å². The van der Waals surface area contributed by atoms with Crippen molar-refractivity contribution in [2.45, 2.75) is 20.4 Å². The standard InChI is InChI=1S/C26H23N9O2/c1-14-7-4-5-10-18(14)35-19(30-21-15(2)31-33(3)23(21)26(35)37)12-34-25-20(24(27)28-13-29-25)22(32-34)16-8-6-9-17(36)11-16/h4-11,13,36H,12H2,1-3H3,(H2,27,28,29). The van der Waals surface area contributed by atoms with Gasteiger partial charge in [0.15, 0.2) is 11.2 Å². The number of benzene rings is 2. The number of phenolic OH excluding ortho intramolecular Hbond substituents is 1. The topological polar surface area (TPSA) is 143 Å². The normalized spacial score (nSPS) is 11.5. The molecule has 0 aliphatic carbocycles. The molecule has 37 heavy (non-hydrogen) atoms. The lowest BCUT2D eigenvalue weighted by Gasteiger charge is -2.15. The Kier molecular flexibility index (Phi) is 5.00. The number of nitrogens with two attached hydrogens (primary N) is 1. The van der Waals surface area contributed by atoms with Crippen LogP contribution in [0.25, 0.3) is 39.0 Å². The van der Waals surface area contributed by atoms with Crippen LogP contribution in [-0.4, -0.2) is 44.2 Å². The van der Waals surface area contributed by atoms with Crippen LogP contribution < -0.4 is 11.3 Å². The lowest BCUT2D eigenvalue weighted by Crippen LogP contribution is -2.27. The molecule has 0 saturated heterocycles. The van der Waals surface area contributed by atoms with Crippen LogP contribution in [0.15, 0.2) is 59.7 Å². The summed E-state index contributed by atoms with van der Waals surface area (Å²) in [6.45, 7) is 3.90. The Balaban J connectivity index is 1.63. The van der Waals surface area contributed by atoms with Crippen molar-refractivity contribution >= 4 is 27.9 Å². The summed E-state index contributed by atoms with van der Waals surface area (Å²) < 4.78 is 4.82. The first kappa shape index (κ1) is 22.4. The third kappa shape index (κ3) is 3.51. The number of aryl methyl sites for hydroxylation is 3. The van der Waals surface area contributed by atoms with Gasteiger partial charge in [-0.15, -0.1) is 0 Å². The van der Waals surface area contributed by atoms with Crippen molar-refractivity contribution in [1.29, 1.82) is 0 Å². The van der Waals surface area contributed by atoms with E-state index >= 15 is 0 Å². The first-order chi connectivity index (χ1) is 17.8. The van der Waals surface area contributed by atoms with E-state index in [1.54, 1.807) is 39.2 Å². The van der Waals surface area contributed by atoms with Crippen molar-refractivity contribution < 1.29 is 5.11 Å². The maximum atomic E-state index is 13.9. The highest BCUT2D eigenvalue weighted by molar-refractivity contribution is 5.98. The Morgan fingerprint density at radius 3 is 2.62 bits per heavy atom. The van der Waals surface area contributed by atoms with Crippen molar-refractivity contribution in [2.24, 2.45) is 7.05 Å². The molecule has 0 amide bonds. The van der Waals surface area contributed by atoms with Crippen molar-refractivity contribution in [1.82, 2.24) is 39.1 Å². The number of para-hydroxylation sites is 1. The molecule has 0 unspecified atom stereocenters. The maximum Gasteiger partial charge on any atom is 0.284 e. The molecule has 0 radical (unpaired) electrons. The molecule has 0 fully saturated rings. The summed E-state index contributed by atoms with van der Waals surface area (Å²) in [5.41, 5.74) is 10.9. The highest BCUT2D eigenvalue weighted by Crippen LogP contribution is 2.32. The zero-order valence-electron chi connectivity index (χ0n) is 20.4. The van der Waals surface area contributed by atoms with Gasteiger partial charge in [-0.1, -0.05) is 30.3 Å². The van der Waals surface area contributed by atoms with Crippen molar-refractivity contribution in [3.63, 3.8) is 0 Å². The first-order valence-corrected chi connectivity index (χ1v) is 11.6. The lowest BCUT2D eigenvalue weighted by atomic mass is 10.1. The molecule has 11 nitrogen and oxygen atoms in total. The molecule has 6 aromatic rings. The van der Waals surface area contributed by atoms with Crippen LogP contribution in [0.3, 0.4) is 0 Å². The minimum absolute atomic E-state index is 0.100. The van der Waals surface area contributed by atoms with Crippen molar-refractivity contribution in [3.05, 3.63) is 82.3 Å². The van der Waals surface area contributed by atoms with Crippen LogP contribution in [0, 0.1) is 13.8 Å². The van der Waals surface area contributed by atoms with Crippen molar-refractivity contribution in [3.8, 4) is 22.7 Å². The monoisotopic (exact) mass is 493 g/mol. The van der Waals surface area contributed by atoms with Crippen LogP contribution in [0.2, 0.25) is 0 Å². The molecule has 0 aliphatic rings. The molecule has 3 N–H and O–H groups in total. The number of hydrogen-bond acceptors (Lipinski definition) is 8.